The lowest BCUT2D eigenvalue weighted by molar-refractivity contribution is 0.0879. The zero-order valence-corrected chi connectivity index (χ0v) is 13.6. The number of benzene rings is 3. The molecule has 1 aliphatic rings. The Morgan fingerprint density at radius 3 is 2.36 bits per heavy atom. The molecule has 3 aromatic carbocycles. The van der Waals surface area contributed by atoms with Crippen molar-refractivity contribution < 1.29 is 18.0 Å². The number of carbonyl (C=O) groups is 2. The van der Waals surface area contributed by atoms with Gasteiger partial charge in [0.2, 0.25) is 0 Å². The fourth-order valence-corrected chi connectivity index (χ4v) is 3.94. The van der Waals surface area contributed by atoms with Crippen LogP contribution in [0.15, 0.2) is 65.6 Å². The quantitative estimate of drug-likeness (QED) is 0.709. The van der Waals surface area contributed by atoms with Crippen LogP contribution < -0.4 is 10.0 Å². The molecular formula is C18H12N2O4S. The average molecular weight is 352 g/mol. The second-order valence-corrected chi connectivity index (χ2v) is 7.31. The van der Waals surface area contributed by atoms with Crippen molar-refractivity contribution in [2.45, 2.75) is 4.90 Å². The summed E-state index contributed by atoms with van der Waals surface area (Å²) in [5, 5.41) is 3.81. The maximum atomic E-state index is 12.7. The largest absolute Gasteiger partial charge is 0.288 e. The van der Waals surface area contributed by atoms with E-state index in [0.29, 0.717) is 5.69 Å². The van der Waals surface area contributed by atoms with Gasteiger partial charge >= 0.3 is 0 Å². The number of nitrogens with one attached hydrogen (secondary N) is 2. The Balaban J connectivity index is 1.77. The highest BCUT2D eigenvalue weighted by Crippen LogP contribution is 2.27. The number of carbonyl (C=O) groups excluding carboxylic acids is 2. The lowest BCUT2D eigenvalue weighted by Crippen LogP contribution is -2.19. The van der Waals surface area contributed by atoms with Crippen molar-refractivity contribution >= 4 is 38.3 Å². The van der Waals surface area contributed by atoms with E-state index < -0.39 is 21.8 Å². The zero-order chi connectivity index (χ0) is 17.6. The van der Waals surface area contributed by atoms with Crippen LogP contribution in [0.2, 0.25) is 0 Å². The molecule has 4 rings (SSSR count). The second-order valence-electron chi connectivity index (χ2n) is 5.62. The van der Waals surface area contributed by atoms with E-state index in [2.05, 4.69) is 10.0 Å². The number of fused-ring (bicyclic) bond motifs is 2. The van der Waals surface area contributed by atoms with Gasteiger partial charge in [-0.15, -0.1) is 0 Å². The Bertz CT molecular complexity index is 1150. The van der Waals surface area contributed by atoms with Crippen molar-refractivity contribution in [2.24, 2.45) is 0 Å². The Hall–Kier alpha value is -3.19. The van der Waals surface area contributed by atoms with Crippen LogP contribution in [0.25, 0.3) is 10.8 Å². The van der Waals surface area contributed by atoms with Crippen LogP contribution in [-0.4, -0.2) is 20.2 Å². The van der Waals surface area contributed by atoms with Crippen LogP contribution in [0.3, 0.4) is 0 Å². The third-order valence-corrected chi connectivity index (χ3v) is 5.41. The first-order valence-corrected chi connectivity index (χ1v) is 8.94. The Labute approximate surface area is 143 Å². The Kier molecular flexibility index (Phi) is 3.33. The van der Waals surface area contributed by atoms with E-state index in [-0.39, 0.29) is 16.0 Å². The van der Waals surface area contributed by atoms with E-state index in [4.69, 9.17) is 0 Å². The van der Waals surface area contributed by atoms with Gasteiger partial charge in [-0.1, -0.05) is 36.4 Å². The lowest BCUT2D eigenvalue weighted by atomic mass is 10.1. The molecule has 6 nitrogen and oxygen atoms in total. The molecule has 0 saturated carbocycles. The molecule has 2 N–H and O–H groups in total. The van der Waals surface area contributed by atoms with Gasteiger partial charge in [0.05, 0.1) is 21.7 Å². The fraction of sp³-hybridized carbons (Fsp3) is 0. The van der Waals surface area contributed by atoms with Gasteiger partial charge in [-0.05, 0) is 29.7 Å². The molecule has 0 radical (unpaired) electrons. The highest BCUT2D eigenvalue weighted by atomic mass is 32.2. The van der Waals surface area contributed by atoms with Crippen LogP contribution in [-0.2, 0) is 10.0 Å². The molecule has 0 unspecified atom stereocenters. The predicted molar refractivity (Wildman–Crippen MR) is 93.0 cm³/mol. The van der Waals surface area contributed by atoms with E-state index in [1.807, 2.05) is 30.3 Å². The number of sulfonamides is 1. The summed E-state index contributed by atoms with van der Waals surface area (Å²) in [7, 11) is -3.91. The molecule has 0 aromatic heterocycles. The molecular weight excluding hydrogens is 340 g/mol. The molecule has 0 fully saturated rings. The van der Waals surface area contributed by atoms with Gasteiger partial charge in [0.1, 0.15) is 0 Å². The summed E-state index contributed by atoms with van der Waals surface area (Å²) in [5.41, 5.74) is 0.680. The van der Waals surface area contributed by atoms with E-state index in [9.17, 15) is 18.0 Å². The van der Waals surface area contributed by atoms with Crippen molar-refractivity contribution in [3.8, 4) is 0 Å². The SMILES string of the molecule is O=C1NC(=O)c2cc(S(=O)(=O)Nc3cccc4ccccc34)ccc21. The minimum Gasteiger partial charge on any atom is -0.288 e. The first kappa shape index (κ1) is 15.3. The molecule has 1 aliphatic heterocycles. The monoisotopic (exact) mass is 352 g/mol. The summed E-state index contributed by atoms with van der Waals surface area (Å²) >= 11 is 0. The van der Waals surface area contributed by atoms with Crippen molar-refractivity contribution in [1.29, 1.82) is 0 Å². The van der Waals surface area contributed by atoms with Gasteiger partial charge in [0.25, 0.3) is 21.8 Å². The van der Waals surface area contributed by atoms with Crippen LogP contribution >= 0.6 is 0 Å². The molecule has 124 valence electrons. The summed E-state index contributed by atoms with van der Waals surface area (Å²) in [6, 6.07) is 16.6. The molecule has 25 heavy (non-hydrogen) atoms. The number of anilines is 1. The maximum Gasteiger partial charge on any atom is 0.261 e. The maximum absolute atomic E-state index is 12.7. The molecule has 0 spiro atoms. The fourth-order valence-electron chi connectivity index (χ4n) is 2.83. The molecule has 1 heterocycles. The summed E-state index contributed by atoms with van der Waals surface area (Å²) in [4.78, 5) is 23.2. The molecule has 0 aliphatic carbocycles. The minimum absolute atomic E-state index is 0.0609. The third kappa shape index (κ3) is 2.54. The first-order valence-electron chi connectivity index (χ1n) is 7.46. The normalized spacial score (nSPS) is 13.6. The standard InChI is InChI=1S/C18H12N2O4S/c21-17-14-9-8-12(10-15(14)18(22)19-17)25(23,24)20-16-7-3-5-11-4-1-2-6-13(11)16/h1-10,20H,(H,19,21,22). The number of rotatable bonds is 3. The van der Waals surface area contributed by atoms with Gasteiger partial charge in [-0.2, -0.15) is 0 Å². The zero-order valence-electron chi connectivity index (χ0n) is 12.8. The van der Waals surface area contributed by atoms with Gasteiger partial charge in [0.15, 0.2) is 0 Å². The first-order chi connectivity index (χ1) is 12.0. The lowest BCUT2D eigenvalue weighted by Gasteiger charge is -2.11. The molecule has 7 heteroatoms. The molecule has 2 amide bonds. The topological polar surface area (TPSA) is 92.3 Å². The smallest absolute Gasteiger partial charge is 0.261 e. The van der Waals surface area contributed by atoms with Gasteiger partial charge in [0, 0.05) is 5.39 Å². The number of hydrogen-bond donors (Lipinski definition) is 2. The average Bonchev–Trinajstić information content (AvgIpc) is 2.89. The molecule has 0 saturated heterocycles. The van der Waals surface area contributed by atoms with Crippen molar-refractivity contribution in [3.63, 3.8) is 0 Å². The van der Waals surface area contributed by atoms with Crippen LogP contribution in [0.1, 0.15) is 20.7 Å². The highest BCUT2D eigenvalue weighted by Gasteiger charge is 2.28. The van der Waals surface area contributed by atoms with Crippen molar-refractivity contribution in [1.82, 2.24) is 5.32 Å². The predicted octanol–water partition coefficient (Wildman–Crippen LogP) is 2.52. The molecule has 3 aromatic rings. The summed E-state index contributed by atoms with van der Waals surface area (Å²) in [5.74, 6) is -1.12. The van der Waals surface area contributed by atoms with E-state index in [0.717, 1.165) is 10.8 Å². The van der Waals surface area contributed by atoms with Crippen LogP contribution in [0, 0.1) is 0 Å². The number of hydrogen-bond acceptors (Lipinski definition) is 4. The van der Waals surface area contributed by atoms with Crippen molar-refractivity contribution in [3.05, 3.63) is 71.8 Å². The Morgan fingerprint density at radius 1 is 0.800 bits per heavy atom. The van der Waals surface area contributed by atoms with Gasteiger partial charge < -0.3 is 0 Å². The van der Waals surface area contributed by atoms with Crippen molar-refractivity contribution in [2.75, 3.05) is 4.72 Å². The molecule has 0 atom stereocenters. The second kappa shape index (κ2) is 5.42. The van der Waals surface area contributed by atoms with E-state index in [1.54, 1.807) is 12.1 Å². The summed E-state index contributed by atoms with van der Waals surface area (Å²) in [6.07, 6.45) is 0. The van der Waals surface area contributed by atoms with Gasteiger partial charge in [-0.25, -0.2) is 8.42 Å². The number of imide groups is 1. The van der Waals surface area contributed by atoms with Crippen LogP contribution in [0.5, 0.6) is 0 Å². The Morgan fingerprint density at radius 2 is 1.52 bits per heavy atom. The minimum atomic E-state index is -3.91. The van der Waals surface area contributed by atoms with Gasteiger partial charge in [-0.3, -0.25) is 19.6 Å². The third-order valence-electron chi connectivity index (χ3n) is 4.05. The highest BCUT2D eigenvalue weighted by molar-refractivity contribution is 7.92. The van der Waals surface area contributed by atoms with Crippen LogP contribution in [0.4, 0.5) is 5.69 Å². The summed E-state index contributed by atoms with van der Waals surface area (Å²) < 4.78 is 28.0. The molecule has 0 bridgehead atoms. The van der Waals surface area contributed by atoms with E-state index in [1.165, 1.54) is 18.2 Å². The van der Waals surface area contributed by atoms with E-state index >= 15 is 0 Å². The summed E-state index contributed by atoms with van der Waals surface area (Å²) in [6.45, 7) is 0. The number of amides is 2.